The van der Waals surface area contributed by atoms with Crippen LogP contribution >= 0.6 is 0 Å². The van der Waals surface area contributed by atoms with E-state index in [1.807, 2.05) is 0 Å². The Morgan fingerprint density at radius 1 is 1.33 bits per heavy atom. The van der Waals surface area contributed by atoms with Crippen molar-refractivity contribution in [2.45, 2.75) is 25.4 Å². The Kier molecular flexibility index (Phi) is 1.88. The van der Waals surface area contributed by atoms with Crippen molar-refractivity contribution in [3.63, 3.8) is 0 Å². The summed E-state index contributed by atoms with van der Waals surface area (Å²) in [4.78, 5) is 33.8. The molecule has 2 heterocycles. The van der Waals surface area contributed by atoms with Crippen LogP contribution in [-0.4, -0.2) is 34.5 Å². The molecule has 2 amide bonds. The van der Waals surface area contributed by atoms with Gasteiger partial charge in [-0.2, -0.15) is 0 Å². The van der Waals surface area contributed by atoms with E-state index in [2.05, 4.69) is 10.6 Å². The van der Waals surface area contributed by atoms with Gasteiger partial charge in [0.05, 0.1) is 11.8 Å². The molecule has 15 heavy (non-hydrogen) atoms. The van der Waals surface area contributed by atoms with E-state index < -0.39 is 35.3 Å². The van der Waals surface area contributed by atoms with E-state index in [-0.39, 0.29) is 5.91 Å². The van der Waals surface area contributed by atoms with Crippen LogP contribution in [0.3, 0.4) is 0 Å². The van der Waals surface area contributed by atoms with E-state index in [0.29, 0.717) is 0 Å². The number of nitrogens with one attached hydrogen (secondary N) is 2. The summed E-state index contributed by atoms with van der Waals surface area (Å²) in [5.74, 6) is -3.35. The first-order valence-corrected chi connectivity index (χ1v) is 4.70. The Morgan fingerprint density at radius 2 is 1.93 bits per heavy atom. The zero-order valence-corrected chi connectivity index (χ0v) is 8.40. The number of rotatable bonds is 1. The van der Waals surface area contributed by atoms with Gasteiger partial charge in [-0.1, -0.05) is 0 Å². The molecular formula is C9H12N2O4. The fourth-order valence-corrected chi connectivity index (χ4v) is 2.51. The van der Waals surface area contributed by atoms with Crippen LogP contribution in [0.5, 0.6) is 0 Å². The van der Waals surface area contributed by atoms with Gasteiger partial charge in [0, 0.05) is 5.54 Å². The minimum atomic E-state index is -1.10. The fraction of sp³-hybridized carbons (Fsp3) is 0.667. The van der Waals surface area contributed by atoms with Crippen molar-refractivity contribution in [1.29, 1.82) is 0 Å². The van der Waals surface area contributed by atoms with Gasteiger partial charge in [-0.3, -0.25) is 25.0 Å². The summed E-state index contributed by atoms with van der Waals surface area (Å²) in [6, 6.07) is -0.976. The molecule has 0 unspecified atom stereocenters. The van der Waals surface area contributed by atoms with E-state index in [4.69, 9.17) is 5.11 Å². The maximum atomic E-state index is 11.5. The molecule has 2 fully saturated rings. The maximum Gasteiger partial charge on any atom is 0.321 e. The minimum absolute atomic E-state index is 0.383. The second-order valence-electron chi connectivity index (χ2n) is 4.54. The molecule has 0 aliphatic carbocycles. The third-order valence-corrected chi connectivity index (χ3v) is 3.12. The van der Waals surface area contributed by atoms with Crippen LogP contribution in [-0.2, 0) is 14.4 Å². The number of carboxylic acid groups (broad SMARTS) is 1. The predicted molar refractivity (Wildman–Crippen MR) is 48.8 cm³/mol. The first-order valence-electron chi connectivity index (χ1n) is 4.70. The Labute approximate surface area is 86.0 Å². The average molecular weight is 212 g/mol. The van der Waals surface area contributed by atoms with Gasteiger partial charge in [-0.15, -0.1) is 0 Å². The summed E-state index contributed by atoms with van der Waals surface area (Å²) in [5, 5.41) is 13.9. The lowest BCUT2D eigenvalue weighted by Crippen LogP contribution is -2.48. The Bertz CT molecular complexity index is 363. The number of aliphatic carboxylic acids is 1. The molecule has 6 nitrogen and oxygen atoms in total. The highest BCUT2D eigenvalue weighted by Crippen LogP contribution is 2.38. The van der Waals surface area contributed by atoms with Gasteiger partial charge in [0.15, 0.2) is 0 Å². The highest BCUT2D eigenvalue weighted by atomic mass is 16.4. The summed E-state index contributed by atoms with van der Waals surface area (Å²) in [6.45, 7) is 3.46. The number of hydrogen-bond donors (Lipinski definition) is 3. The zero-order chi connectivity index (χ0) is 11.4. The number of carbonyl (C=O) groups is 3. The molecule has 0 aromatic heterocycles. The Hall–Kier alpha value is -1.43. The van der Waals surface area contributed by atoms with Gasteiger partial charge in [0.2, 0.25) is 11.8 Å². The average Bonchev–Trinajstić information content (AvgIpc) is 2.51. The first-order chi connectivity index (χ1) is 6.84. The molecule has 82 valence electrons. The molecule has 0 spiro atoms. The zero-order valence-electron chi connectivity index (χ0n) is 8.40. The van der Waals surface area contributed by atoms with Crippen LogP contribution in [0.2, 0.25) is 0 Å². The molecule has 2 rings (SSSR count). The van der Waals surface area contributed by atoms with E-state index in [1.165, 1.54) is 0 Å². The maximum absolute atomic E-state index is 11.5. The molecule has 0 aromatic carbocycles. The summed E-state index contributed by atoms with van der Waals surface area (Å²) >= 11 is 0. The lowest BCUT2D eigenvalue weighted by atomic mass is 9.83. The Balaban J connectivity index is 2.42. The topological polar surface area (TPSA) is 95.5 Å². The van der Waals surface area contributed by atoms with Crippen LogP contribution < -0.4 is 10.6 Å². The minimum Gasteiger partial charge on any atom is -0.480 e. The van der Waals surface area contributed by atoms with Gasteiger partial charge < -0.3 is 5.11 Å². The molecule has 3 N–H and O–H groups in total. The SMILES string of the molecule is CC1(C)N[C@H](C(=O)O)[C@H]2C(=O)NC(=O)[C@H]21. The van der Waals surface area contributed by atoms with Gasteiger partial charge in [-0.25, -0.2) is 0 Å². The lowest BCUT2D eigenvalue weighted by molar-refractivity contribution is -0.142. The summed E-state index contributed by atoms with van der Waals surface area (Å²) in [5.41, 5.74) is -0.663. The number of fused-ring (bicyclic) bond motifs is 1. The quantitative estimate of drug-likeness (QED) is 0.470. The fourth-order valence-electron chi connectivity index (χ4n) is 2.51. The second kappa shape index (κ2) is 2.79. The molecule has 2 aliphatic heterocycles. The van der Waals surface area contributed by atoms with Crippen molar-refractivity contribution < 1.29 is 19.5 Å². The highest BCUT2D eigenvalue weighted by molar-refractivity contribution is 6.08. The van der Waals surface area contributed by atoms with Crippen molar-refractivity contribution in [2.75, 3.05) is 0 Å². The molecule has 2 saturated heterocycles. The van der Waals surface area contributed by atoms with Crippen LogP contribution in [0.1, 0.15) is 13.8 Å². The number of imide groups is 1. The van der Waals surface area contributed by atoms with E-state index in [0.717, 1.165) is 0 Å². The van der Waals surface area contributed by atoms with Gasteiger partial charge >= 0.3 is 5.97 Å². The molecule has 2 aliphatic rings. The van der Waals surface area contributed by atoms with Gasteiger partial charge in [0.25, 0.3) is 0 Å². The normalized spacial score (nSPS) is 37.6. The molecule has 0 saturated carbocycles. The first kappa shape index (κ1) is 10.1. The van der Waals surface area contributed by atoms with Crippen molar-refractivity contribution in [2.24, 2.45) is 11.8 Å². The third kappa shape index (κ3) is 1.25. The number of carboxylic acids is 1. The van der Waals surface area contributed by atoms with Crippen LogP contribution in [0.25, 0.3) is 0 Å². The summed E-state index contributed by atoms with van der Waals surface area (Å²) < 4.78 is 0. The summed E-state index contributed by atoms with van der Waals surface area (Å²) in [7, 11) is 0. The largest absolute Gasteiger partial charge is 0.480 e. The van der Waals surface area contributed by atoms with Gasteiger partial charge in [-0.05, 0) is 13.8 Å². The smallest absolute Gasteiger partial charge is 0.321 e. The number of carbonyl (C=O) groups excluding carboxylic acids is 2. The van der Waals surface area contributed by atoms with E-state index in [9.17, 15) is 14.4 Å². The molecular weight excluding hydrogens is 200 g/mol. The predicted octanol–water partition coefficient (Wildman–Crippen LogP) is -1.29. The third-order valence-electron chi connectivity index (χ3n) is 3.12. The molecule has 0 bridgehead atoms. The van der Waals surface area contributed by atoms with Crippen molar-refractivity contribution >= 4 is 17.8 Å². The monoisotopic (exact) mass is 212 g/mol. The summed E-state index contributed by atoms with van der Waals surface area (Å²) in [6.07, 6.45) is 0. The van der Waals surface area contributed by atoms with Crippen molar-refractivity contribution in [3.05, 3.63) is 0 Å². The highest BCUT2D eigenvalue weighted by Gasteiger charge is 2.60. The molecule has 0 radical (unpaired) electrons. The van der Waals surface area contributed by atoms with Gasteiger partial charge in [0.1, 0.15) is 6.04 Å². The van der Waals surface area contributed by atoms with Crippen molar-refractivity contribution in [3.8, 4) is 0 Å². The number of amides is 2. The van der Waals surface area contributed by atoms with E-state index >= 15 is 0 Å². The standard InChI is InChI=1S/C9H12N2O4/c1-9(2)4-3(5(11-9)8(14)15)6(12)10-7(4)13/h3-5,11H,1-2H3,(H,14,15)(H,10,12,13)/t3-,4-,5-/m0/s1. The number of hydrogen-bond acceptors (Lipinski definition) is 4. The van der Waals surface area contributed by atoms with E-state index in [1.54, 1.807) is 13.8 Å². The molecule has 6 heteroatoms. The second-order valence-corrected chi connectivity index (χ2v) is 4.54. The van der Waals surface area contributed by atoms with Crippen LogP contribution in [0.4, 0.5) is 0 Å². The molecule has 3 atom stereocenters. The van der Waals surface area contributed by atoms with Crippen LogP contribution in [0, 0.1) is 11.8 Å². The molecule has 0 aromatic rings. The van der Waals surface area contributed by atoms with Crippen molar-refractivity contribution in [1.82, 2.24) is 10.6 Å². The Morgan fingerprint density at radius 3 is 2.47 bits per heavy atom. The lowest BCUT2D eigenvalue weighted by Gasteiger charge is -2.23. The van der Waals surface area contributed by atoms with Crippen LogP contribution in [0.15, 0.2) is 0 Å².